The van der Waals surface area contributed by atoms with E-state index in [0.717, 1.165) is 37.2 Å². The van der Waals surface area contributed by atoms with E-state index in [4.69, 9.17) is 28.9 Å². The van der Waals surface area contributed by atoms with Crippen LogP contribution in [-0.4, -0.2) is 25.9 Å². The van der Waals surface area contributed by atoms with E-state index in [2.05, 4.69) is 10.1 Å². The first-order valence-corrected chi connectivity index (χ1v) is 8.57. The Balaban J connectivity index is 2.04. The normalized spacial score (nSPS) is 23.0. The van der Waals surface area contributed by atoms with Crippen LogP contribution < -0.4 is 5.73 Å². The molecule has 0 saturated heterocycles. The highest BCUT2D eigenvalue weighted by atomic mass is 35.5. The predicted octanol–water partition coefficient (Wildman–Crippen LogP) is 3.61. The van der Waals surface area contributed by atoms with Crippen molar-refractivity contribution in [1.82, 2.24) is 14.8 Å². The standard InChI is InChI=1S/C16H20Cl2N4O/c1-9(23)15-20-16(10-2-5-12(19)6-3-10)22(21-15)14-7-4-11(17)8-13(14)18/h4,7-10,12,23H,2-3,5-6,19H2,1H3. The van der Waals surface area contributed by atoms with E-state index in [1.807, 2.05) is 6.07 Å². The maximum Gasteiger partial charge on any atom is 0.179 e. The second kappa shape index (κ2) is 6.77. The number of aromatic nitrogens is 3. The van der Waals surface area contributed by atoms with Crippen molar-refractivity contribution in [3.8, 4) is 5.69 Å². The number of nitrogens with zero attached hydrogens (tertiary/aromatic N) is 3. The van der Waals surface area contributed by atoms with Crippen LogP contribution in [0.2, 0.25) is 10.0 Å². The number of hydrogen-bond acceptors (Lipinski definition) is 4. The summed E-state index contributed by atoms with van der Waals surface area (Å²) in [5, 5.41) is 15.4. The molecule has 1 fully saturated rings. The topological polar surface area (TPSA) is 77.0 Å². The van der Waals surface area contributed by atoms with Crippen LogP contribution in [0, 0.1) is 0 Å². The molecule has 1 aliphatic carbocycles. The first-order valence-electron chi connectivity index (χ1n) is 7.81. The molecule has 3 N–H and O–H groups in total. The Morgan fingerprint density at radius 1 is 1.26 bits per heavy atom. The molecule has 1 aromatic heterocycles. The SMILES string of the molecule is CC(O)c1nc(C2CCC(N)CC2)n(-c2ccc(Cl)cc2Cl)n1. The van der Waals surface area contributed by atoms with Crippen molar-refractivity contribution in [2.45, 2.75) is 50.7 Å². The minimum absolute atomic E-state index is 0.262. The van der Waals surface area contributed by atoms with Crippen molar-refractivity contribution in [1.29, 1.82) is 0 Å². The molecule has 0 radical (unpaired) electrons. The van der Waals surface area contributed by atoms with Crippen molar-refractivity contribution in [3.05, 3.63) is 39.9 Å². The zero-order valence-electron chi connectivity index (χ0n) is 12.9. The third kappa shape index (κ3) is 3.53. The van der Waals surface area contributed by atoms with Gasteiger partial charge >= 0.3 is 0 Å². The molecular weight excluding hydrogens is 335 g/mol. The van der Waals surface area contributed by atoms with Gasteiger partial charge in [0.1, 0.15) is 11.9 Å². The van der Waals surface area contributed by atoms with Gasteiger partial charge in [0.25, 0.3) is 0 Å². The van der Waals surface area contributed by atoms with E-state index in [9.17, 15) is 5.11 Å². The zero-order valence-corrected chi connectivity index (χ0v) is 14.4. The second-order valence-electron chi connectivity index (χ2n) is 6.12. The molecule has 1 saturated carbocycles. The highest BCUT2D eigenvalue weighted by molar-refractivity contribution is 6.35. The fourth-order valence-corrected chi connectivity index (χ4v) is 3.48. The van der Waals surface area contributed by atoms with Gasteiger partial charge in [-0.25, -0.2) is 9.67 Å². The van der Waals surface area contributed by atoms with Crippen molar-refractivity contribution >= 4 is 23.2 Å². The van der Waals surface area contributed by atoms with Gasteiger partial charge < -0.3 is 10.8 Å². The van der Waals surface area contributed by atoms with Crippen molar-refractivity contribution < 1.29 is 5.11 Å². The van der Waals surface area contributed by atoms with Gasteiger partial charge in [0.15, 0.2) is 5.82 Å². The van der Waals surface area contributed by atoms with Crippen molar-refractivity contribution in [3.63, 3.8) is 0 Å². The molecule has 0 aliphatic heterocycles. The lowest BCUT2D eigenvalue weighted by molar-refractivity contribution is 0.189. The Morgan fingerprint density at radius 3 is 2.57 bits per heavy atom. The fraction of sp³-hybridized carbons (Fsp3) is 0.500. The first kappa shape index (κ1) is 16.7. The summed E-state index contributed by atoms with van der Waals surface area (Å²) in [4.78, 5) is 4.57. The molecule has 0 spiro atoms. The summed E-state index contributed by atoms with van der Waals surface area (Å²) >= 11 is 12.3. The van der Waals surface area contributed by atoms with Crippen LogP contribution in [0.15, 0.2) is 18.2 Å². The third-order valence-corrected chi connectivity index (χ3v) is 4.83. The van der Waals surface area contributed by atoms with Gasteiger partial charge in [-0.3, -0.25) is 0 Å². The minimum atomic E-state index is -0.730. The molecule has 1 aromatic carbocycles. The van der Waals surface area contributed by atoms with Gasteiger partial charge in [0.05, 0.1) is 10.7 Å². The van der Waals surface area contributed by atoms with E-state index >= 15 is 0 Å². The highest BCUT2D eigenvalue weighted by Gasteiger charge is 2.27. The number of hydrogen-bond donors (Lipinski definition) is 2. The summed E-state index contributed by atoms with van der Waals surface area (Å²) in [6.45, 7) is 1.66. The van der Waals surface area contributed by atoms with E-state index in [1.54, 1.807) is 23.7 Å². The third-order valence-electron chi connectivity index (χ3n) is 4.30. The van der Waals surface area contributed by atoms with Gasteiger partial charge in [-0.15, -0.1) is 5.10 Å². The van der Waals surface area contributed by atoms with Crippen LogP contribution in [0.25, 0.3) is 5.69 Å². The average molecular weight is 355 g/mol. The first-order chi connectivity index (χ1) is 11.0. The number of rotatable bonds is 3. The van der Waals surface area contributed by atoms with Crippen LogP contribution in [0.1, 0.15) is 56.3 Å². The van der Waals surface area contributed by atoms with Gasteiger partial charge in [-0.05, 0) is 50.8 Å². The lowest BCUT2D eigenvalue weighted by Gasteiger charge is -2.25. The molecule has 2 aromatic rings. The molecule has 23 heavy (non-hydrogen) atoms. The molecule has 3 rings (SSSR count). The van der Waals surface area contributed by atoms with Crippen molar-refractivity contribution in [2.75, 3.05) is 0 Å². The molecule has 1 heterocycles. The lowest BCUT2D eigenvalue weighted by atomic mass is 9.86. The van der Waals surface area contributed by atoms with Gasteiger partial charge in [0, 0.05) is 17.0 Å². The maximum atomic E-state index is 9.85. The highest BCUT2D eigenvalue weighted by Crippen LogP contribution is 2.34. The quantitative estimate of drug-likeness (QED) is 0.882. The molecule has 7 heteroatoms. The summed E-state index contributed by atoms with van der Waals surface area (Å²) in [6.07, 6.45) is 3.13. The Hall–Kier alpha value is -1.14. The van der Waals surface area contributed by atoms with Crippen LogP contribution >= 0.6 is 23.2 Å². The second-order valence-corrected chi connectivity index (χ2v) is 6.97. The smallest absolute Gasteiger partial charge is 0.179 e. The van der Waals surface area contributed by atoms with Gasteiger partial charge in [0.2, 0.25) is 0 Å². The van der Waals surface area contributed by atoms with Crippen LogP contribution in [0.3, 0.4) is 0 Å². The van der Waals surface area contributed by atoms with Gasteiger partial charge in [-0.1, -0.05) is 23.2 Å². The largest absolute Gasteiger partial charge is 0.385 e. The fourth-order valence-electron chi connectivity index (χ4n) is 2.99. The summed E-state index contributed by atoms with van der Waals surface area (Å²) in [7, 11) is 0. The van der Waals surface area contributed by atoms with Gasteiger partial charge in [-0.2, -0.15) is 0 Å². The Bertz CT molecular complexity index is 693. The molecule has 1 unspecified atom stereocenters. The Morgan fingerprint density at radius 2 is 1.96 bits per heavy atom. The summed E-state index contributed by atoms with van der Waals surface area (Å²) in [5.41, 5.74) is 6.72. The molecule has 1 atom stereocenters. The molecule has 0 bridgehead atoms. The monoisotopic (exact) mass is 354 g/mol. The molecule has 0 amide bonds. The number of nitrogens with two attached hydrogens (primary N) is 1. The predicted molar refractivity (Wildman–Crippen MR) is 91.2 cm³/mol. The Labute approximate surface area is 145 Å². The zero-order chi connectivity index (χ0) is 16.6. The maximum absolute atomic E-state index is 9.85. The average Bonchev–Trinajstić information content (AvgIpc) is 2.93. The number of halogens is 2. The number of aliphatic hydroxyl groups excluding tert-OH is 1. The summed E-state index contributed by atoms with van der Waals surface area (Å²) in [5.74, 6) is 1.50. The Kier molecular flexibility index (Phi) is 4.92. The van der Waals surface area contributed by atoms with E-state index in [1.165, 1.54) is 0 Å². The molecule has 124 valence electrons. The minimum Gasteiger partial charge on any atom is -0.385 e. The van der Waals surface area contributed by atoms with Crippen LogP contribution in [0.4, 0.5) is 0 Å². The summed E-state index contributed by atoms with van der Waals surface area (Å²) < 4.78 is 1.74. The van der Waals surface area contributed by atoms with Crippen molar-refractivity contribution in [2.24, 2.45) is 5.73 Å². The number of benzene rings is 1. The number of aliphatic hydroxyl groups is 1. The van der Waals surface area contributed by atoms with Crippen LogP contribution in [-0.2, 0) is 0 Å². The van der Waals surface area contributed by atoms with E-state index in [0.29, 0.717) is 15.9 Å². The van der Waals surface area contributed by atoms with Crippen LogP contribution in [0.5, 0.6) is 0 Å². The lowest BCUT2D eigenvalue weighted by Crippen LogP contribution is -2.26. The molecule has 5 nitrogen and oxygen atoms in total. The summed E-state index contributed by atoms with van der Waals surface area (Å²) in [6, 6.07) is 5.54. The molecular formula is C16H20Cl2N4O. The van der Waals surface area contributed by atoms with E-state index < -0.39 is 6.10 Å². The van der Waals surface area contributed by atoms with E-state index in [-0.39, 0.29) is 12.0 Å². The molecule has 1 aliphatic rings.